The van der Waals surface area contributed by atoms with Gasteiger partial charge >= 0.3 is 0 Å². The van der Waals surface area contributed by atoms with E-state index in [1.54, 1.807) is 16.2 Å². The number of hydrogen-bond donors (Lipinski definition) is 1. The largest absolute Gasteiger partial charge is 0.398 e. The molecule has 0 saturated heterocycles. The van der Waals surface area contributed by atoms with Gasteiger partial charge < -0.3 is 10.6 Å². The predicted octanol–water partition coefficient (Wildman–Crippen LogP) is 3.72. The Morgan fingerprint density at radius 1 is 1.45 bits per heavy atom. The maximum atomic E-state index is 12.5. The van der Waals surface area contributed by atoms with Crippen LogP contribution in [0.5, 0.6) is 0 Å². The summed E-state index contributed by atoms with van der Waals surface area (Å²) in [6, 6.07) is 7.76. The normalized spacial score (nSPS) is 10.6. The molecular formula is C15H17BrN2OS. The molecule has 0 radical (unpaired) electrons. The Kier molecular flexibility index (Phi) is 4.83. The molecule has 0 unspecified atom stereocenters. The van der Waals surface area contributed by atoms with Gasteiger partial charge in [0.15, 0.2) is 0 Å². The first-order valence-electron chi connectivity index (χ1n) is 6.32. The molecule has 2 aromatic rings. The molecule has 1 heterocycles. The zero-order valence-corrected chi connectivity index (χ0v) is 13.9. The van der Waals surface area contributed by atoms with Crippen molar-refractivity contribution in [2.45, 2.75) is 13.3 Å². The van der Waals surface area contributed by atoms with Crippen molar-refractivity contribution in [2.75, 3.05) is 19.3 Å². The second-order valence-corrected chi connectivity index (χ2v) is 6.67. The Bertz CT molecular complexity index is 611. The number of hydrogen-bond acceptors (Lipinski definition) is 3. The molecule has 0 saturated carbocycles. The minimum Gasteiger partial charge on any atom is -0.398 e. The molecule has 1 amide bonds. The van der Waals surface area contributed by atoms with Crippen LogP contribution < -0.4 is 5.73 Å². The van der Waals surface area contributed by atoms with Crippen LogP contribution in [-0.4, -0.2) is 24.4 Å². The molecule has 20 heavy (non-hydrogen) atoms. The Labute approximate surface area is 131 Å². The Hall–Kier alpha value is -1.33. The van der Waals surface area contributed by atoms with E-state index < -0.39 is 0 Å². The van der Waals surface area contributed by atoms with Crippen LogP contribution in [0.4, 0.5) is 5.69 Å². The fraction of sp³-hybridized carbons (Fsp3) is 0.267. The highest BCUT2D eigenvalue weighted by Crippen LogP contribution is 2.23. The van der Waals surface area contributed by atoms with Crippen molar-refractivity contribution in [3.05, 3.63) is 50.1 Å². The third-order valence-corrected chi connectivity index (χ3v) is 4.66. The van der Waals surface area contributed by atoms with E-state index in [1.165, 1.54) is 4.88 Å². The van der Waals surface area contributed by atoms with Crippen molar-refractivity contribution in [2.24, 2.45) is 0 Å². The molecule has 2 rings (SSSR count). The monoisotopic (exact) mass is 352 g/mol. The first-order chi connectivity index (χ1) is 9.49. The summed E-state index contributed by atoms with van der Waals surface area (Å²) < 4.78 is 0.829. The number of likely N-dealkylation sites (N-methyl/N-ethyl adjacent to an activating group) is 1. The van der Waals surface area contributed by atoms with Crippen molar-refractivity contribution in [1.82, 2.24) is 4.90 Å². The van der Waals surface area contributed by atoms with Gasteiger partial charge in [0.1, 0.15) is 0 Å². The molecule has 5 heteroatoms. The van der Waals surface area contributed by atoms with Gasteiger partial charge in [-0.15, -0.1) is 11.3 Å². The number of thiophene rings is 1. The van der Waals surface area contributed by atoms with Crippen LogP contribution in [-0.2, 0) is 6.42 Å². The van der Waals surface area contributed by atoms with Crippen LogP contribution in [0.25, 0.3) is 0 Å². The van der Waals surface area contributed by atoms with Gasteiger partial charge in [-0.3, -0.25) is 4.79 Å². The highest BCUT2D eigenvalue weighted by Gasteiger charge is 2.16. The smallest absolute Gasteiger partial charge is 0.253 e. The van der Waals surface area contributed by atoms with Gasteiger partial charge in [-0.1, -0.05) is 22.0 Å². The molecule has 2 N–H and O–H groups in total. The van der Waals surface area contributed by atoms with E-state index in [2.05, 4.69) is 27.4 Å². The van der Waals surface area contributed by atoms with E-state index in [-0.39, 0.29) is 5.91 Å². The summed E-state index contributed by atoms with van der Waals surface area (Å²) in [7, 11) is 1.83. The molecule has 1 aromatic carbocycles. The maximum absolute atomic E-state index is 12.5. The van der Waals surface area contributed by atoms with Crippen molar-refractivity contribution in [1.29, 1.82) is 0 Å². The molecule has 0 aliphatic carbocycles. The zero-order valence-electron chi connectivity index (χ0n) is 11.5. The lowest BCUT2D eigenvalue weighted by molar-refractivity contribution is 0.0796. The summed E-state index contributed by atoms with van der Waals surface area (Å²) in [6.45, 7) is 2.58. The summed E-state index contributed by atoms with van der Waals surface area (Å²) in [6.07, 6.45) is 0.877. The average Bonchev–Trinajstić information content (AvgIpc) is 2.92. The van der Waals surface area contributed by atoms with E-state index in [9.17, 15) is 4.79 Å². The third-order valence-electron chi connectivity index (χ3n) is 3.26. The summed E-state index contributed by atoms with van der Waals surface area (Å²) >= 11 is 5.10. The van der Waals surface area contributed by atoms with Crippen molar-refractivity contribution < 1.29 is 4.79 Å². The standard InChI is InChI=1S/C15H17BrN2OS/c1-10-13(8-11(16)9-14(10)17)15(19)18(2)6-5-12-4-3-7-20-12/h3-4,7-9H,5-6,17H2,1-2H3. The van der Waals surface area contributed by atoms with Crippen LogP contribution in [0.2, 0.25) is 0 Å². The topological polar surface area (TPSA) is 46.3 Å². The van der Waals surface area contributed by atoms with Crippen LogP contribution in [0.1, 0.15) is 20.8 Å². The Morgan fingerprint density at radius 3 is 2.85 bits per heavy atom. The molecule has 0 fully saturated rings. The number of benzene rings is 1. The molecule has 0 atom stereocenters. The highest BCUT2D eigenvalue weighted by molar-refractivity contribution is 9.10. The maximum Gasteiger partial charge on any atom is 0.253 e. The quantitative estimate of drug-likeness (QED) is 0.852. The molecule has 0 aliphatic heterocycles. The van der Waals surface area contributed by atoms with Gasteiger partial charge in [0.25, 0.3) is 5.91 Å². The number of halogens is 1. The number of carbonyl (C=O) groups excluding carboxylic acids is 1. The van der Waals surface area contributed by atoms with Crippen LogP contribution in [0, 0.1) is 6.92 Å². The van der Waals surface area contributed by atoms with E-state index >= 15 is 0 Å². The summed E-state index contributed by atoms with van der Waals surface area (Å²) in [4.78, 5) is 15.5. The number of nitrogens with zero attached hydrogens (tertiary/aromatic N) is 1. The lowest BCUT2D eigenvalue weighted by Gasteiger charge is -2.19. The molecule has 3 nitrogen and oxygen atoms in total. The van der Waals surface area contributed by atoms with Gasteiger partial charge in [0, 0.05) is 34.2 Å². The Morgan fingerprint density at radius 2 is 2.20 bits per heavy atom. The number of amides is 1. The van der Waals surface area contributed by atoms with Crippen LogP contribution >= 0.6 is 27.3 Å². The number of nitrogen functional groups attached to an aromatic ring is 1. The number of carbonyl (C=O) groups is 1. The average molecular weight is 353 g/mol. The fourth-order valence-corrected chi connectivity index (χ4v) is 3.14. The molecule has 106 valence electrons. The van der Waals surface area contributed by atoms with Crippen molar-refractivity contribution in [3.8, 4) is 0 Å². The fourth-order valence-electron chi connectivity index (χ4n) is 1.96. The van der Waals surface area contributed by atoms with Crippen molar-refractivity contribution >= 4 is 38.9 Å². The zero-order chi connectivity index (χ0) is 14.7. The van der Waals surface area contributed by atoms with Gasteiger partial charge in [-0.25, -0.2) is 0 Å². The van der Waals surface area contributed by atoms with E-state index in [0.29, 0.717) is 17.8 Å². The molecular weight excluding hydrogens is 336 g/mol. The van der Waals surface area contributed by atoms with Gasteiger partial charge in [0.2, 0.25) is 0 Å². The summed E-state index contributed by atoms with van der Waals surface area (Å²) in [5.41, 5.74) is 8.04. The second kappa shape index (κ2) is 6.41. The summed E-state index contributed by atoms with van der Waals surface area (Å²) in [5, 5.41) is 2.05. The van der Waals surface area contributed by atoms with E-state index in [4.69, 9.17) is 5.73 Å². The van der Waals surface area contributed by atoms with Crippen molar-refractivity contribution in [3.63, 3.8) is 0 Å². The van der Waals surface area contributed by atoms with Crippen LogP contribution in [0.3, 0.4) is 0 Å². The number of nitrogens with two attached hydrogens (primary N) is 1. The van der Waals surface area contributed by atoms with E-state index in [1.807, 2.05) is 32.2 Å². The first kappa shape index (κ1) is 15.1. The number of anilines is 1. The predicted molar refractivity (Wildman–Crippen MR) is 88.3 cm³/mol. The molecule has 0 bridgehead atoms. The number of rotatable bonds is 4. The summed E-state index contributed by atoms with van der Waals surface area (Å²) in [5.74, 6) is 0.00653. The van der Waals surface area contributed by atoms with Gasteiger partial charge in [-0.2, -0.15) is 0 Å². The SMILES string of the molecule is Cc1c(N)cc(Br)cc1C(=O)N(C)CCc1cccs1. The lowest BCUT2D eigenvalue weighted by Crippen LogP contribution is -2.29. The first-order valence-corrected chi connectivity index (χ1v) is 7.99. The van der Waals surface area contributed by atoms with E-state index in [0.717, 1.165) is 16.5 Å². The molecule has 0 aliphatic rings. The highest BCUT2D eigenvalue weighted by atomic mass is 79.9. The lowest BCUT2D eigenvalue weighted by atomic mass is 10.1. The molecule has 1 aromatic heterocycles. The second-order valence-electron chi connectivity index (χ2n) is 4.72. The Balaban J connectivity index is 2.10. The minimum atomic E-state index is 0.00653. The third kappa shape index (κ3) is 3.41. The van der Waals surface area contributed by atoms with Gasteiger partial charge in [0.05, 0.1) is 0 Å². The minimum absolute atomic E-state index is 0.00653. The van der Waals surface area contributed by atoms with Gasteiger partial charge in [-0.05, 0) is 42.5 Å². The molecule has 0 spiro atoms. The van der Waals surface area contributed by atoms with Crippen LogP contribution in [0.15, 0.2) is 34.1 Å².